The number of hydrogen-bond donors (Lipinski definition) is 2. The maximum Gasteiger partial charge on any atom is 0.407 e. The van der Waals surface area contributed by atoms with Crippen molar-refractivity contribution in [2.24, 2.45) is 46.2 Å². The first-order valence-corrected chi connectivity index (χ1v) is 15.6. The van der Waals surface area contributed by atoms with Crippen LogP contribution in [-0.4, -0.2) is 25.3 Å². The van der Waals surface area contributed by atoms with Crippen molar-refractivity contribution in [2.75, 3.05) is 13.1 Å². The molecule has 3 saturated carbocycles. The zero-order valence-corrected chi connectivity index (χ0v) is 24.0. The normalized spacial score (nSPS) is 37.6. The Morgan fingerprint density at radius 2 is 1.89 bits per heavy atom. The summed E-state index contributed by atoms with van der Waals surface area (Å²) in [6, 6.07) is 0. The van der Waals surface area contributed by atoms with Crippen molar-refractivity contribution in [1.82, 2.24) is 5.32 Å². The lowest BCUT2D eigenvalue weighted by molar-refractivity contribution is -0.0519. The van der Waals surface area contributed by atoms with Crippen molar-refractivity contribution < 1.29 is 9.53 Å². The van der Waals surface area contributed by atoms with Crippen LogP contribution in [0.3, 0.4) is 0 Å². The Hall–Kier alpha value is -1.03. The fourth-order valence-electron chi connectivity index (χ4n) is 9.08. The number of nitrogens with two attached hydrogens (primary N) is 1. The first-order valence-electron chi connectivity index (χ1n) is 15.6. The number of alkyl carbamates (subject to hydrolysis) is 1. The van der Waals surface area contributed by atoms with E-state index in [1.807, 2.05) is 0 Å². The van der Waals surface area contributed by atoms with Crippen LogP contribution in [0.1, 0.15) is 124 Å². The molecule has 0 aromatic rings. The Morgan fingerprint density at radius 3 is 2.67 bits per heavy atom. The van der Waals surface area contributed by atoms with E-state index in [1.54, 1.807) is 5.57 Å². The minimum absolute atomic E-state index is 0.0421. The van der Waals surface area contributed by atoms with Gasteiger partial charge in [-0.1, -0.05) is 65.0 Å². The van der Waals surface area contributed by atoms with Crippen LogP contribution < -0.4 is 11.1 Å². The van der Waals surface area contributed by atoms with Gasteiger partial charge in [0.05, 0.1) is 0 Å². The predicted molar refractivity (Wildman–Crippen MR) is 150 cm³/mol. The first-order chi connectivity index (χ1) is 17.3. The second-order valence-electron chi connectivity index (χ2n) is 13.8. The van der Waals surface area contributed by atoms with Crippen LogP contribution in [0.4, 0.5) is 4.79 Å². The maximum absolute atomic E-state index is 12.4. The number of rotatable bonds is 11. The summed E-state index contributed by atoms with van der Waals surface area (Å²) < 4.78 is 5.87. The molecule has 0 heterocycles. The van der Waals surface area contributed by atoms with E-state index in [2.05, 4.69) is 39.1 Å². The van der Waals surface area contributed by atoms with Gasteiger partial charge in [-0.2, -0.15) is 0 Å². The van der Waals surface area contributed by atoms with Crippen molar-refractivity contribution in [3.05, 3.63) is 11.6 Å². The van der Waals surface area contributed by atoms with Crippen molar-refractivity contribution in [3.8, 4) is 0 Å². The molecule has 1 amide bonds. The van der Waals surface area contributed by atoms with Gasteiger partial charge in [0, 0.05) is 13.0 Å². The largest absolute Gasteiger partial charge is 0.446 e. The molecule has 4 aliphatic carbocycles. The van der Waals surface area contributed by atoms with Gasteiger partial charge in [-0.25, -0.2) is 4.79 Å². The second kappa shape index (κ2) is 12.2. The third-order valence-corrected chi connectivity index (χ3v) is 11.3. The molecule has 0 aromatic heterocycles. The van der Waals surface area contributed by atoms with Crippen molar-refractivity contribution in [3.63, 3.8) is 0 Å². The topological polar surface area (TPSA) is 64.3 Å². The quantitative estimate of drug-likeness (QED) is 0.223. The number of carbonyl (C=O) groups excluding carboxylic acids is 1. The Morgan fingerprint density at radius 1 is 1.06 bits per heavy atom. The van der Waals surface area contributed by atoms with E-state index < -0.39 is 0 Å². The maximum atomic E-state index is 12.4. The molecular weight excluding hydrogens is 444 g/mol. The van der Waals surface area contributed by atoms with Gasteiger partial charge in [-0.05, 0) is 111 Å². The Balaban J connectivity index is 1.31. The van der Waals surface area contributed by atoms with Crippen molar-refractivity contribution >= 4 is 6.09 Å². The molecular formula is C32H56N2O2. The molecule has 206 valence electrons. The van der Waals surface area contributed by atoms with E-state index in [4.69, 9.17) is 10.5 Å². The molecule has 7 unspecified atom stereocenters. The molecule has 3 fully saturated rings. The van der Waals surface area contributed by atoms with Gasteiger partial charge in [0.15, 0.2) is 0 Å². The molecule has 0 aliphatic heterocycles. The van der Waals surface area contributed by atoms with Crippen LogP contribution in [0.15, 0.2) is 11.6 Å². The van der Waals surface area contributed by atoms with Crippen LogP contribution in [0.25, 0.3) is 0 Å². The summed E-state index contributed by atoms with van der Waals surface area (Å²) in [5.74, 6) is 4.41. The van der Waals surface area contributed by atoms with Gasteiger partial charge >= 0.3 is 6.09 Å². The van der Waals surface area contributed by atoms with Crippen molar-refractivity contribution in [2.45, 2.75) is 130 Å². The number of ether oxygens (including phenoxy) is 1. The highest BCUT2D eigenvalue weighted by Crippen LogP contribution is 2.66. The average Bonchev–Trinajstić information content (AvgIpc) is 3.18. The smallest absolute Gasteiger partial charge is 0.407 e. The van der Waals surface area contributed by atoms with Crippen LogP contribution in [0, 0.1) is 40.4 Å². The average molecular weight is 501 g/mol. The summed E-state index contributed by atoms with van der Waals surface area (Å²) in [7, 11) is 0. The summed E-state index contributed by atoms with van der Waals surface area (Å²) in [6.07, 6.45) is 21.3. The number of fused-ring (bicyclic) bond motifs is 5. The van der Waals surface area contributed by atoms with E-state index in [0.717, 1.165) is 68.2 Å². The Labute approximate surface area is 222 Å². The highest BCUT2D eigenvalue weighted by Gasteiger charge is 2.58. The van der Waals surface area contributed by atoms with Crippen LogP contribution >= 0.6 is 0 Å². The Bertz CT molecular complexity index is 763. The fourth-order valence-corrected chi connectivity index (χ4v) is 9.08. The lowest BCUT2D eigenvalue weighted by Crippen LogP contribution is -2.50. The van der Waals surface area contributed by atoms with Gasteiger partial charge in [-0.3, -0.25) is 0 Å². The predicted octanol–water partition coefficient (Wildman–Crippen LogP) is 8.01. The fraction of sp³-hybridized carbons (Fsp3) is 0.906. The lowest BCUT2D eigenvalue weighted by Gasteiger charge is -2.58. The van der Waals surface area contributed by atoms with Gasteiger partial charge in [-0.15, -0.1) is 0 Å². The number of unbranched alkanes of at least 4 members (excludes halogenated alkanes) is 3. The molecule has 4 nitrogen and oxygen atoms in total. The van der Waals surface area contributed by atoms with E-state index in [9.17, 15) is 4.79 Å². The van der Waals surface area contributed by atoms with E-state index in [-0.39, 0.29) is 12.2 Å². The monoisotopic (exact) mass is 500 g/mol. The summed E-state index contributed by atoms with van der Waals surface area (Å²) in [6.45, 7) is 11.4. The SMILES string of the molecule is CC(C)CCCCC1CCC2C3CC=C4CC(OC(=O)NCCCCCN)CCC4(C)C3CCC12C. The van der Waals surface area contributed by atoms with E-state index >= 15 is 0 Å². The minimum atomic E-state index is -0.232. The highest BCUT2D eigenvalue weighted by atomic mass is 16.6. The van der Waals surface area contributed by atoms with E-state index in [0.29, 0.717) is 17.4 Å². The van der Waals surface area contributed by atoms with Crippen LogP contribution in [0.2, 0.25) is 0 Å². The molecule has 3 N–H and O–H groups in total. The molecule has 36 heavy (non-hydrogen) atoms. The van der Waals surface area contributed by atoms with Crippen LogP contribution in [-0.2, 0) is 4.74 Å². The number of hydrogen-bond acceptors (Lipinski definition) is 3. The molecule has 4 rings (SSSR count). The number of carbonyl (C=O) groups is 1. The minimum Gasteiger partial charge on any atom is -0.446 e. The zero-order chi connectivity index (χ0) is 25.8. The molecule has 4 heteroatoms. The standard InChI is InChI=1S/C32H56N2O2/c1-23(2)10-6-7-11-24-13-15-28-27-14-12-25-22-26(36-30(35)34-21-9-5-8-20-33)16-18-32(25,4)29(27)17-19-31(24,28)3/h12,23-24,26-29H,5-11,13-22,33H2,1-4H3,(H,34,35). The lowest BCUT2D eigenvalue weighted by atomic mass is 9.47. The summed E-state index contributed by atoms with van der Waals surface area (Å²) in [5, 5.41) is 2.95. The van der Waals surface area contributed by atoms with Crippen LogP contribution in [0.5, 0.6) is 0 Å². The first kappa shape index (κ1) is 28.0. The Kier molecular flexibility index (Phi) is 9.50. The summed E-state index contributed by atoms with van der Waals surface area (Å²) >= 11 is 0. The molecule has 0 bridgehead atoms. The molecule has 0 aromatic carbocycles. The zero-order valence-electron chi connectivity index (χ0n) is 24.0. The molecule has 0 radical (unpaired) electrons. The van der Waals surface area contributed by atoms with Gasteiger partial charge in [0.1, 0.15) is 6.10 Å². The summed E-state index contributed by atoms with van der Waals surface area (Å²) in [4.78, 5) is 12.4. The molecule has 4 aliphatic rings. The highest BCUT2D eigenvalue weighted by molar-refractivity contribution is 5.67. The van der Waals surface area contributed by atoms with Gasteiger partial charge in [0.2, 0.25) is 0 Å². The molecule has 7 atom stereocenters. The van der Waals surface area contributed by atoms with Gasteiger partial charge < -0.3 is 15.8 Å². The second-order valence-corrected chi connectivity index (χ2v) is 13.8. The van der Waals surface area contributed by atoms with E-state index in [1.165, 1.54) is 64.2 Å². The van der Waals surface area contributed by atoms with Gasteiger partial charge in [0.25, 0.3) is 0 Å². The number of allylic oxidation sites excluding steroid dienone is 1. The number of nitrogens with one attached hydrogen (secondary N) is 1. The summed E-state index contributed by atoms with van der Waals surface area (Å²) in [5.41, 5.74) is 8.04. The molecule has 0 spiro atoms. The van der Waals surface area contributed by atoms with Crippen molar-refractivity contribution in [1.29, 1.82) is 0 Å². The number of amides is 1. The molecule has 0 saturated heterocycles. The third-order valence-electron chi connectivity index (χ3n) is 11.3. The third kappa shape index (κ3) is 6.00.